The second kappa shape index (κ2) is 12.5. The molecule has 1 fully saturated rings. The molecular weight excluding hydrogens is 548 g/mol. The number of allylic oxidation sites excluding steroid dienone is 2. The number of thiophene rings is 1. The van der Waals surface area contributed by atoms with Crippen LogP contribution in [0.5, 0.6) is 0 Å². The van der Waals surface area contributed by atoms with Crippen LogP contribution in [0.1, 0.15) is 44.4 Å². The van der Waals surface area contributed by atoms with Gasteiger partial charge in [-0.1, -0.05) is 38.1 Å². The van der Waals surface area contributed by atoms with Crippen LogP contribution in [0.2, 0.25) is 0 Å². The minimum atomic E-state index is 0.0891. The number of aromatic amines is 1. The zero-order valence-corrected chi connectivity index (χ0v) is 25.0. The first kappa shape index (κ1) is 28.2. The molecule has 1 N–H and O–H groups in total. The highest BCUT2D eigenvalue weighted by Gasteiger charge is 2.23. The Hall–Kier alpha value is -3.89. The molecular formula is C32H36N6O3S. The Balaban J connectivity index is 1.21. The number of anilines is 1. The maximum atomic E-state index is 12.8. The highest BCUT2D eigenvalue weighted by Crippen LogP contribution is 2.39. The Morgan fingerprint density at radius 2 is 2.00 bits per heavy atom. The molecule has 3 aromatic heterocycles. The van der Waals surface area contributed by atoms with Gasteiger partial charge < -0.3 is 14.5 Å². The van der Waals surface area contributed by atoms with Crippen molar-refractivity contribution in [1.82, 2.24) is 25.1 Å². The SMILES string of the molecule is CC(C)C=CC(=O)CCCC(=O)N1CC=C(c2cc3nc(-c4cccc5[nH]ncc45)nc(N4CCOCC4)c3s2)CC1. The number of ketones is 1. The van der Waals surface area contributed by atoms with Gasteiger partial charge in [-0.2, -0.15) is 5.10 Å². The number of morpholine rings is 1. The van der Waals surface area contributed by atoms with E-state index in [0.717, 1.165) is 52.0 Å². The minimum Gasteiger partial charge on any atom is -0.378 e. The second-order valence-electron chi connectivity index (χ2n) is 11.2. The van der Waals surface area contributed by atoms with Gasteiger partial charge in [0.15, 0.2) is 17.4 Å². The van der Waals surface area contributed by atoms with E-state index >= 15 is 0 Å². The van der Waals surface area contributed by atoms with Gasteiger partial charge in [0.25, 0.3) is 0 Å². The predicted molar refractivity (Wildman–Crippen MR) is 168 cm³/mol. The van der Waals surface area contributed by atoms with Crippen LogP contribution in [-0.2, 0) is 14.3 Å². The van der Waals surface area contributed by atoms with E-state index < -0.39 is 0 Å². The van der Waals surface area contributed by atoms with Crippen molar-refractivity contribution in [3.8, 4) is 11.4 Å². The van der Waals surface area contributed by atoms with Crippen molar-refractivity contribution in [2.24, 2.45) is 5.92 Å². The average molecular weight is 585 g/mol. The number of benzene rings is 1. The smallest absolute Gasteiger partial charge is 0.222 e. The zero-order chi connectivity index (χ0) is 29.1. The topological polar surface area (TPSA) is 104 Å². The number of amides is 1. The molecule has 218 valence electrons. The molecule has 1 amide bonds. The summed E-state index contributed by atoms with van der Waals surface area (Å²) in [5.74, 6) is 2.18. The molecule has 10 heteroatoms. The van der Waals surface area contributed by atoms with Crippen molar-refractivity contribution < 1.29 is 14.3 Å². The summed E-state index contributed by atoms with van der Waals surface area (Å²) in [7, 11) is 0. The van der Waals surface area contributed by atoms with Crippen molar-refractivity contribution in [2.45, 2.75) is 39.5 Å². The number of carbonyl (C=O) groups excluding carboxylic acids is 2. The molecule has 0 spiro atoms. The standard InChI is InChI=1S/C32H36N6O3S/c1-21(2)9-10-23(39)5-3-8-29(40)37-13-11-22(12-14-37)28-19-27-30(42-28)32(38-15-17-41-18-16-38)35-31(34-27)24-6-4-7-26-25(24)20-33-36-26/h4,6-7,9-11,19-21H,3,5,8,12-18H2,1-2H3,(H,33,36). The van der Waals surface area contributed by atoms with Crippen LogP contribution in [-0.4, -0.2) is 76.1 Å². The predicted octanol–water partition coefficient (Wildman–Crippen LogP) is 5.64. The number of carbonyl (C=O) groups is 2. The molecule has 0 saturated carbocycles. The maximum Gasteiger partial charge on any atom is 0.222 e. The van der Waals surface area contributed by atoms with E-state index in [4.69, 9.17) is 14.7 Å². The van der Waals surface area contributed by atoms with Crippen molar-refractivity contribution in [3.63, 3.8) is 0 Å². The first-order valence-corrected chi connectivity index (χ1v) is 15.5. The molecule has 9 nitrogen and oxygen atoms in total. The Kier molecular flexibility index (Phi) is 8.43. The Morgan fingerprint density at radius 3 is 2.79 bits per heavy atom. The highest BCUT2D eigenvalue weighted by atomic mass is 32.1. The fourth-order valence-electron chi connectivity index (χ4n) is 5.42. The number of ether oxygens (including phenoxy) is 1. The molecule has 0 radical (unpaired) electrons. The van der Waals surface area contributed by atoms with E-state index in [9.17, 15) is 9.59 Å². The van der Waals surface area contributed by atoms with Crippen molar-refractivity contribution in [3.05, 3.63) is 53.6 Å². The zero-order valence-electron chi connectivity index (χ0n) is 24.1. The van der Waals surface area contributed by atoms with Gasteiger partial charge in [-0.3, -0.25) is 14.7 Å². The summed E-state index contributed by atoms with van der Waals surface area (Å²) >= 11 is 1.72. The summed E-state index contributed by atoms with van der Waals surface area (Å²) in [6.07, 6.45) is 9.73. The van der Waals surface area contributed by atoms with Gasteiger partial charge in [0.2, 0.25) is 5.91 Å². The lowest BCUT2D eigenvalue weighted by atomic mass is 10.1. The number of rotatable bonds is 9. The molecule has 6 rings (SSSR count). The molecule has 0 aliphatic carbocycles. The molecule has 5 heterocycles. The molecule has 2 aliphatic heterocycles. The van der Waals surface area contributed by atoms with Gasteiger partial charge in [-0.05, 0) is 42.5 Å². The van der Waals surface area contributed by atoms with Crippen LogP contribution < -0.4 is 4.90 Å². The fraction of sp³-hybridized carbons (Fsp3) is 0.406. The Bertz CT molecular complexity index is 1660. The van der Waals surface area contributed by atoms with Crippen molar-refractivity contribution in [2.75, 3.05) is 44.3 Å². The van der Waals surface area contributed by atoms with E-state index in [1.165, 1.54) is 10.5 Å². The number of nitrogens with zero attached hydrogens (tertiary/aromatic N) is 5. The van der Waals surface area contributed by atoms with Crippen LogP contribution in [0.15, 0.2) is 48.7 Å². The lowest BCUT2D eigenvalue weighted by Crippen LogP contribution is -2.36. The van der Waals surface area contributed by atoms with Crippen LogP contribution in [0, 0.1) is 5.92 Å². The van der Waals surface area contributed by atoms with Crippen LogP contribution in [0.3, 0.4) is 0 Å². The largest absolute Gasteiger partial charge is 0.378 e. The fourth-order valence-corrected chi connectivity index (χ4v) is 6.60. The van der Waals surface area contributed by atoms with Gasteiger partial charge in [-0.25, -0.2) is 9.97 Å². The minimum absolute atomic E-state index is 0.0891. The maximum absolute atomic E-state index is 12.8. The van der Waals surface area contributed by atoms with Crippen molar-refractivity contribution >= 4 is 55.5 Å². The van der Waals surface area contributed by atoms with Crippen LogP contribution in [0.25, 0.3) is 38.1 Å². The first-order valence-electron chi connectivity index (χ1n) is 14.7. The van der Waals surface area contributed by atoms with Gasteiger partial charge >= 0.3 is 0 Å². The summed E-state index contributed by atoms with van der Waals surface area (Å²) in [5, 5.41) is 8.27. The average Bonchev–Trinajstić information content (AvgIpc) is 3.67. The lowest BCUT2D eigenvalue weighted by Gasteiger charge is -2.28. The summed E-state index contributed by atoms with van der Waals surface area (Å²) in [5.41, 5.74) is 4.07. The normalized spacial score (nSPS) is 16.2. The quantitative estimate of drug-likeness (QED) is 0.254. The summed E-state index contributed by atoms with van der Waals surface area (Å²) < 4.78 is 6.70. The Labute approximate surface area is 249 Å². The van der Waals surface area contributed by atoms with Crippen LogP contribution >= 0.6 is 11.3 Å². The first-order chi connectivity index (χ1) is 20.5. The van der Waals surface area contributed by atoms with E-state index in [1.807, 2.05) is 49.2 Å². The van der Waals surface area contributed by atoms with Crippen LogP contribution in [0.4, 0.5) is 5.82 Å². The number of aromatic nitrogens is 4. The number of fused-ring (bicyclic) bond motifs is 2. The van der Waals surface area contributed by atoms with Crippen molar-refractivity contribution in [1.29, 1.82) is 0 Å². The van der Waals surface area contributed by atoms with Gasteiger partial charge in [0.1, 0.15) is 0 Å². The number of H-pyrrole nitrogens is 1. The molecule has 4 aromatic rings. The van der Waals surface area contributed by atoms with E-state index in [1.54, 1.807) is 17.4 Å². The molecule has 0 atom stereocenters. The van der Waals surface area contributed by atoms with E-state index in [2.05, 4.69) is 27.2 Å². The third kappa shape index (κ3) is 6.15. The molecule has 42 heavy (non-hydrogen) atoms. The van der Waals surface area contributed by atoms with E-state index in [-0.39, 0.29) is 11.7 Å². The molecule has 1 aromatic carbocycles. The third-order valence-corrected chi connectivity index (χ3v) is 8.94. The number of nitrogens with one attached hydrogen (secondary N) is 1. The molecule has 2 aliphatic rings. The number of hydrogen-bond donors (Lipinski definition) is 1. The number of hydrogen-bond acceptors (Lipinski definition) is 8. The summed E-state index contributed by atoms with van der Waals surface area (Å²) in [4.78, 5) is 40.3. The molecule has 0 unspecified atom stereocenters. The Morgan fingerprint density at radius 1 is 1.14 bits per heavy atom. The monoisotopic (exact) mass is 584 g/mol. The summed E-state index contributed by atoms with van der Waals surface area (Å²) in [6.45, 7) is 8.27. The highest BCUT2D eigenvalue weighted by molar-refractivity contribution is 7.20. The van der Waals surface area contributed by atoms with E-state index in [0.29, 0.717) is 57.3 Å². The molecule has 1 saturated heterocycles. The third-order valence-electron chi connectivity index (χ3n) is 7.75. The van der Waals surface area contributed by atoms with Gasteiger partial charge in [0.05, 0.1) is 35.1 Å². The second-order valence-corrected chi connectivity index (χ2v) is 12.2. The lowest BCUT2D eigenvalue weighted by molar-refractivity contribution is -0.130. The molecule has 0 bridgehead atoms. The summed E-state index contributed by atoms with van der Waals surface area (Å²) in [6, 6.07) is 8.22. The van der Waals surface area contributed by atoms with Gasteiger partial charge in [0, 0.05) is 54.8 Å². The van der Waals surface area contributed by atoms with Gasteiger partial charge in [-0.15, -0.1) is 11.3 Å².